The van der Waals surface area contributed by atoms with Crippen LogP contribution in [-0.4, -0.2) is 35.7 Å². The van der Waals surface area contributed by atoms with Crippen molar-refractivity contribution in [3.8, 4) is 0 Å². The average molecular weight is 263 g/mol. The summed E-state index contributed by atoms with van der Waals surface area (Å²) >= 11 is 0. The van der Waals surface area contributed by atoms with Gasteiger partial charge in [0.15, 0.2) is 0 Å². The molecule has 1 saturated heterocycles. The number of nitrogens with one attached hydrogen (secondary N) is 2. The van der Waals surface area contributed by atoms with E-state index < -0.39 is 0 Å². The van der Waals surface area contributed by atoms with Gasteiger partial charge in [-0.15, -0.1) is 12.4 Å². The molecule has 1 unspecified atom stereocenters. The van der Waals surface area contributed by atoms with Crippen molar-refractivity contribution >= 4 is 18.3 Å². The molecule has 4 nitrogen and oxygen atoms in total. The smallest absolute Gasteiger partial charge is 0.237 e. The summed E-state index contributed by atoms with van der Waals surface area (Å²) < 4.78 is 0. The molecule has 2 aliphatic rings. The minimum atomic E-state index is -0.346. The molecule has 0 radical (unpaired) electrons. The van der Waals surface area contributed by atoms with Gasteiger partial charge in [-0.25, -0.2) is 0 Å². The molecule has 5 heteroatoms. The second-order valence-electron chi connectivity index (χ2n) is 4.97. The van der Waals surface area contributed by atoms with E-state index in [9.17, 15) is 9.90 Å². The molecular weight excluding hydrogens is 240 g/mol. The Kier molecular flexibility index (Phi) is 6.23. The number of carbonyl (C=O) groups is 1. The van der Waals surface area contributed by atoms with Crippen LogP contribution in [0.25, 0.3) is 0 Å². The van der Waals surface area contributed by atoms with Crippen LogP contribution in [0.5, 0.6) is 0 Å². The molecule has 0 aromatic heterocycles. The van der Waals surface area contributed by atoms with E-state index in [2.05, 4.69) is 10.6 Å². The van der Waals surface area contributed by atoms with Gasteiger partial charge >= 0.3 is 0 Å². The lowest BCUT2D eigenvalue weighted by Crippen LogP contribution is -2.53. The SMILES string of the molecule is Cl.O=C(N[C@@H]1CCCC[C@H]1O)C1CCCCN1. The van der Waals surface area contributed by atoms with E-state index in [1.807, 2.05) is 0 Å². The Morgan fingerprint density at radius 1 is 1.12 bits per heavy atom. The zero-order chi connectivity index (χ0) is 11.4. The Hall–Kier alpha value is -0.320. The van der Waals surface area contributed by atoms with Gasteiger partial charge in [-0.2, -0.15) is 0 Å². The Bertz CT molecular complexity index is 245. The van der Waals surface area contributed by atoms with Gasteiger partial charge in [0.1, 0.15) is 0 Å². The maximum absolute atomic E-state index is 11.9. The van der Waals surface area contributed by atoms with Crippen molar-refractivity contribution in [2.75, 3.05) is 6.54 Å². The van der Waals surface area contributed by atoms with Crippen LogP contribution in [0.1, 0.15) is 44.9 Å². The maximum Gasteiger partial charge on any atom is 0.237 e. The number of aliphatic hydroxyl groups is 1. The van der Waals surface area contributed by atoms with Crippen molar-refractivity contribution in [3.63, 3.8) is 0 Å². The Labute approximate surface area is 109 Å². The molecule has 1 amide bonds. The summed E-state index contributed by atoms with van der Waals surface area (Å²) in [6, 6.07) is -0.0622. The number of rotatable bonds is 2. The minimum Gasteiger partial charge on any atom is -0.391 e. The van der Waals surface area contributed by atoms with Gasteiger partial charge in [0, 0.05) is 0 Å². The lowest BCUT2D eigenvalue weighted by molar-refractivity contribution is -0.125. The summed E-state index contributed by atoms with van der Waals surface area (Å²) in [6.07, 6.45) is 6.79. The monoisotopic (exact) mass is 262 g/mol. The van der Waals surface area contributed by atoms with E-state index >= 15 is 0 Å². The van der Waals surface area contributed by atoms with Crippen molar-refractivity contribution in [1.29, 1.82) is 0 Å². The number of piperidine rings is 1. The highest BCUT2D eigenvalue weighted by atomic mass is 35.5. The number of hydrogen-bond acceptors (Lipinski definition) is 3. The Morgan fingerprint density at radius 2 is 1.82 bits per heavy atom. The molecule has 2 rings (SSSR count). The van der Waals surface area contributed by atoms with Crippen LogP contribution in [-0.2, 0) is 4.79 Å². The van der Waals surface area contributed by atoms with Crippen LogP contribution in [0.3, 0.4) is 0 Å². The lowest BCUT2D eigenvalue weighted by Gasteiger charge is -2.31. The van der Waals surface area contributed by atoms with Crippen molar-refractivity contribution < 1.29 is 9.90 Å². The molecular formula is C12H23ClN2O2. The largest absolute Gasteiger partial charge is 0.391 e. The van der Waals surface area contributed by atoms with E-state index in [1.54, 1.807) is 0 Å². The van der Waals surface area contributed by atoms with Crippen LogP contribution in [0, 0.1) is 0 Å². The zero-order valence-corrected chi connectivity index (χ0v) is 11.0. The first-order chi connectivity index (χ1) is 7.77. The normalized spacial score (nSPS) is 33.6. The first-order valence-corrected chi connectivity index (χ1v) is 6.49. The second kappa shape index (κ2) is 7.19. The van der Waals surface area contributed by atoms with Crippen LogP contribution < -0.4 is 10.6 Å². The predicted octanol–water partition coefficient (Wildman–Crippen LogP) is 0.970. The topological polar surface area (TPSA) is 61.4 Å². The molecule has 0 spiro atoms. The van der Waals surface area contributed by atoms with Gasteiger partial charge in [-0.3, -0.25) is 4.79 Å². The summed E-state index contributed by atoms with van der Waals surface area (Å²) in [4.78, 5) is 11.9. The first kappa shape index (κ1) is 14.7. The Balaban J connectivity index is 0.00000144. The summed E-state index contributed by atoms with van der Waals surface area (Å²) in [7, 11) is 0. The maximum atomic E-state index is 11.9. The van der Waals surface area contributed by atoms with Gasteiger partial charge in [0.25, 0.3) is 0 Å². The first-order valence-electron chi connectivity index (χ1n) is 6.49. The fraction of sp³-hybridized carbons (Fsp3) is 0.917. The lowest BCUT2D eigenvalue weighted by atomic mass is 9.92. The fourth-order valence-corrected chi connectivity index (χ4v) is 2.64. The molecule has 2 fully saturated rings. The standard InChI is InChI=1S/C12H22N2O2.ClH/c15-11-7-2-1-5-9(11)14-12(16)10-6-3-4-8-13-10;/h9-11,13,15H,1-8H2,(H,14,16);1H/t9-,10?,11-;/m1./s1. The Morgan fingerprint density at radius 3 is 2.47 bits per heavy atom. The highest BCUT2D eigenvalue weighted by Crippen LogP contribution is 2.18. The third-order valence-corrected chi connectivity index (χ3v) is 3.68. The number of aliphatic hydroxyl groups excluding tert-OH is 1. The van der Waals surface area contributed by atoms with Gasteiger partial charge in [0.2, 0.25) is 5.91 Å². The molecule has 100 valence electrons. The average Bonchev–Trinajstić information content (AvgIpc) is 2.33. The molecule has 17 heavy (non-hydrogen) atoms. The third kappa shape index (κ3) is 4.12. The second-order valence-corrected chi connectivity index (χ2v) is 4.97. The summed E-state index contributed by atoms with van der Waals surface area (Å²) in [6.45, 7) is 0.936. The summed E-state index contributed by atoms with van der Waals surface area (Å²) in [5.41, 5.74) is 0. The summed E-state index contributed by atoms with van der Waals surface area (Å²) in [5, 5.41) is 16.0. The molecule has 0 bridgehead atoms. The third-order valence-electron chi connectivity index (χ3n) is 3.68. The molecule has 3 N–H and O–H groups in total. The van der Waals surface area contributed by atoms with Crippen LogP contribution in [0.4, 0.5) is 0 Å². The zero-order valence-electron chi connectivity index (χ0n) is 10.2. The molecule has 1 aliphatic heterocycles. The van der Waals surface area contributed by atoms with Gasteiger partial charge < -0.3 is 15.7 Å². The van der Waals surface area contributed by atoms with E-state index in [4.69, 9.17) is 0 Å². The number of amides is 1. The molecule has 1 saturated carbocycles. The molecule has 3 atom stereocenters. The van der Waals surface area contributed by atoms with E-state index in [1.165, 1.54) is 0 Å². The quantitative estimate of drug-likeness (QED) is 0.695. The molecule has 0 aromatic carbocycles. The minimum absolute atomic E-state index is 0. The number of carbonyl (C=O) groups excluding carboxylic acids is 1. The van der Waals surface area contributed by atoms with Crippen LogP contribution >= 0.6 is 12.4 Å². The molecule has 1 aliphatic carbocycles. The van der Waals surface area contributed by atoms with Crippen LogP contribution in [0.15, 0.2) is 0 Å². The van der Waals surface area contributed by atoms with Gasteiger partial charge in [-0.1, -0.05) is 19.3 Å². The van der Waals surface area contributed by atoms with Crippen molar-refractivity contribution in [1.82, 2.24) is 10.6 Å². The van der Waals surface area contributed by atoms with E-state index in [-0.39, 0.29) is 36.5 Å². The van der Waals surface area contributed by atoms with Crippen molar-refractivity contribution in [2.45, 2.75) is 63.1 Å². The highest BCUT2D eigenvalue weighted by molar-refractivity contribution is 5.85. The highest BCUT2D eigenvalue weighted by Gasteiger charge is 2.28. The molecule has 0 aromatic rings. The van der Waals surface area contributed by atoms with Crippen molar-refractivity contribution in [3.05, 3.63) is 0 Å². The van der Waals surface area contributed by atoms with E-state index in [0.717, 1.165) is 51.5 Å². The fourth-order valence-electron chi connectivity index (χ4n) is 2.64. The van der Waals surface area contributed by atoms with E-state index in [0.29, 0.717) is 0 Å². The number of hydrogen-bond donors (Lipinski definition) is 3. The predicted molar refractivity (Wildman–Crippen MR) is 69.3 cm³/mol. The summed E-state index contributed by atoms with van der Waals surface area (Å²) in [5.74, 6) is 0.0747. The number of halogens is 1. The van der Waals surface area contributed by atoms with Crippen LogP contribution in [0.2, 0.25) is 0 Å². The molecule has 1 heterocycles. The van der Waals surface area contributed by atoms with Gasteiger partial charge in [-0.05, 0) is 32.2 Å². The van der Waals surface area contributed by atoms with Gasteiger partial charge in [0.05, 0.1) is 18.2 Å². The van der Waals surface area contributed by atoms with Crippen molar-refractivity contribution in [2.24, 2.45) is 0 Å².